The third-order valence-corrected chi connectivity index (χ3v) is 4.30. The van der Waals surface area contributed by atoms with E-state index in [1.807, 2.05) is 43.3 Å². The first-order valence-electron chi connectivity index (χ1n) is 6.29. The Labute approximate surface area is 120 Å². The van der Waals surface area contributed by atoms with E-state index in [0.29, 0.717) is 5.75 Å². The quantitative estimate of drug-likeness (QED) is 0.920. The minimum absolute atomic E-state index is 0.0151. The van der Waals surface area contributed by atoms with Crippen LogP contribution >= 0.6 is 0 Å². The predicted octanol–water partition coefficient (Wildman–Crippen LogP) is 2.93. The topological polar surface area (TPSA) is 54.4 Å². The predicted molar refractivity (Wildman–Crippen MR) is 79.1 cm³/mol. The molecule has 104 valence electrons. The number of benzene rings is 2. The third kappa shape index (κ3) is 4.03. The van der Waals surface area contributed by atoms with Gasteiger partial charge in [0, 0.05) is 4.90 Å². The zero-order chi connectivity index (χ0) is 14.5. The van der Waals surface area contributed by atoms with Crippen molar-refractivity contribution in [3.63, 3.8) is 0 Å². The molecule has 2 rings (SSSR count). The second-order valence-corrected chi connectivity index (χ2v) is 6.14. The molecule has 1 atom stereocenters. The Morgan fingerprint density at radius 3 is 2.35 bits per heavy atom. The highest BCUT2D eigenvalue weighted by molar-refractivity contribution is 7.84. The second kappa shape index (κ2) is 6.48. The summed E-state index contributed by atoms with van der Waals surface area (Å²) in [5.74, 6) is -0.405. The van der Waals surface area contributed by atoms with E-state index in [1.165, 1.54) is 0 Å². The second-order valence-electron chi connectivity index (χ2n) is 4.69. The summed E-state index contributed by atoms with van der Waals surface area (Å²) < 4.78 is 12.2. The Balaban J connectivity index is 2.06. The van der Waals surface area contributed by atoms with E-state index in [9.17, 15) is 9.00 Å². The first-order valence-corrected chi connectivity index (χ1v) is 7.61. The molecule has 0 saturated carbocycles. The summed E-state index contributed by atoms with van der Waals surface area (Å²) >= 11 is 0. The van der Waals surface area contributed by atoms with Crippen molar-refractivity contribution < 1.29 is 14.1 Å². The zero-order valence-electron chi connectivity index (χ0n) is 11.2. The van der Waals surface area contributed by atoms with Crippen LogP contribution in [0.4, 0.5) is 0 Å². The maximum Gasteiger partial charge on any atom is 0.307 e. The molecule has 0 aromatic heterocycles. The summed E-state index contributed by atoms with van der Waals surface area (Å²) in [7, 11) is -1.08. The molecular formula is C16H16O3S. The Hall–Kier alpha value is -1.94. The van der Waals surface area contributed by atoms with Crippen LogP contribution in [0.3, 0.4) is 0 Å². The molecule has 0 aliphatic rings. The normalized spacial score (nSPS) is 12.1. The third-order valence-electron chi connectivity index (χ3n) is 2.93. The van der Waals surface area contributed by atoms with Crippen LogP contribution < -0.4 is 0 Å². The van der Waals surface area contributed by atoms with Crippen LogP contribution in [0.5, 0.6) is 0 Å². The SMILES string of the molecule is Cc1cccc(S(=O)Cc2ccc(CC(=O)O)cc2)c1. The van der Waals surface area contributed by atoms with E-state index in [0.717, 1.165) is 21.6 Å². The molecule has 1 N–H and O–H groups in total. The molecule has 1 unspecified atom stereocenters. The molecule has 4 heteroatoms. The lowest BCUT2D eigenvalue weighted by molar-refractivity contribution is -0.136. The summed E-state index contributed by atoms with van der Waals surface area (Å²) in [4.78, 5) is 11.4. The van der Waals surface area contributed by atoms with Gasteiger partial charge in [0.15, 0.2) is 0 Å². The summed E-state index contributed by atoms with van der Waals surface area (Å²) in [6.45, 7) is 1.97. The van der Waals surface area contributed by atoms with Crippen LogP contribution in [0.2, 0.25) is 0 Å². The Morgan fingerprint density at radius 1 is 1.10 bits per heavy atom. The van der Waals surface area contributed by atoms with Crippen LogP contribution in [0.25, 0.3) is 0 Å². The first-order chi connectivity index (χ1) is 9.54. The number of aliphatic carboxylic acids is 1. The van der Waals surface area contributed by atoms with Gasteiger partial charge in [-0.05, 0) is 35.7 Å². The van der Waals surface area contributed by atoms with Gasteiger partial charge in [-0.3, -0.25) is 9.00 Å². The Kier molecular flexibility index (Phi) is 4.69. The minimum atomic E-state index is -1.08. The average molecular weight is 288 g/mol. The smallest absolute Gasteiger partial charge is 0.307 e. The summed E-state index contributed by atoms with van der Waals surface area (Å²) in [6, 6.07) is 14.9. The number of carboxylic acid groups (broad SMARTS) is 1. The maximum absolute atomic E-state index is 12.2. The van der Waals surface area contributed by atoms with Crippen molar-refractivity contribution in [1.29, 1.82) is 0 Å². The van der Waals surface area contributed by atoms with Crippen LogP contribution in [-0.4, -0.2) is 15.3 Å². The lowest BCUT2D eigenvalue weighted by atomic mass is 10.1. The molecule has 0 aliphatic carbocycles. The monoisotopic (exact) mass is 288 g/mol. The molecule has 0 fully saturated rings. The summed E-state index contributed by atoms with van der Waals surface area (Å²) in [5, 5.41) is 8.71. The lowest BCUT2D eigenvalue weighted by Gasteiger charge is -2.05. The van der Waals surface area contributed by atoms with Gasteiger partial charge in [0.25, 0.3) is 0 Å². The van der Waals surface area contributed by atoms with E-state index in [2.05, 4.69) is 0 Å². The molecule has 0 bridgehead atoms. The maximum atomic E-state index is 12.2. The highest BCUT2D eigenvalue weighted by Gasteiger charge is 2.06. The van der Waals surface area contributed by atoms with Gasteiger partial charge in [0.1, 0.15) is 0 Å². The number of hydrogen-bond donors (Lipinski definition) is 1. The molecule has 2 aromatic rings. The van der Waals surface area contributed by atoms with E-state index in [-0.39, 0.29) is 6.42 Å². The zero-order valence-corrected chi connectivity index (χ0v) is 12.0. The molecule has 0 spiro atoms. The van der Waals surface area contributed by atoms with Gasteiger partial charge in [0.05, 0.1) is 23.0 Å². The van der Waals surface area contributed by atoms with Crippen molar-refractivity contribution in [3.8, 4) is 0 Å². The standard InChI is InChI=1S/C16H16O3S/c1-12-3-2-4-15(9-12)20(19)11-14-7-5-13(6-8-14)10-16(17)18/h2-9H,10-11H2,1H3,(H,17,18). The van der Waals surface area contributed by atoms with E-state index in [1.54, 1.807) is 12.1 Å². The molecule has 2 aromatic carbocycles. The molecular weight excluding hydrogens is 272 g/mol. The van der Waals surface area contributed by atoms with Gasteiger partial charge in [-0.15, -0.1) is 0 Å². The van der Waals surface area contributed by atoms with E-state index >= 15 is 0 Å². The Morgan fingerprint density at radius 2 is 1.75 bits per heavy atom. The molecule has 0 aliphatic heterocycles. The highest BCUT2D eigenvalue weighted by atomic mass is 32.2. The molecule has 20 heavy (non-hydrogen) atoms. The number of hydrogen-bond acceptors (Lipinski definition) is 2. The molecule has 0 radical (unpaired) electrons. The largest absolute Gasteiger partial charge is 0.481 e. The fourth-order valence-corrected chi connectivity index (χ4v) is 3.13. The van der Waals surface area contributed by atoms with Crippen LogP contribution in [0.1, 0.15) is 16.7 Å². The minimum Gasteiger partial charge on any atom is -0.481 e. The van der Waals surface area contributed by atoms with Gasteiger partial charge in [-0.1, -0.05) is 36.4 Å². The van der Waals surface area contributed by atoms with Crippen LogP contribution in [-0.2, 0) is 27.8 Å². The molecule has 0 saturated heterocycles. The number of aryl methyl sites for hydroxylation is 1. The van der Waals surface area contributed by atoms with Gasteiger partial charge >= 0.3 is 5.97 Å². The fourth-order valence-electron chi connectivity index (χ4n) is 1.92. The van der Waals surface area contributed by atoms with Gasteiger partial charge in [-0.25, -0.2) is 0 Å². The van der Waals surface area contributed by atoms with E-state index in [4.69, 9.17) is 5.11 Å². The number of rotatable bonds is 5. The molecule has 3 nitrogen and oxygen atoms in total. The molecule has 0 heterocycles. The average Bonchev–Trinajstić information content (AvgIpc) is 2.40. The summed E-state index contributed by atoms with van der Waals surface area (Å²) in [5.41, 5.74) is 2.79. The van der Waals surface area contributed by atoms with Crippen molar-refractivity contribution in [3.05, 3.63) is 65.2 Å². The van der Waals surface area contributed by atoms with Crippen molar-refractivity contribution in [1.82, 2.24) is 0 Å². The van der Waals surface area contributed by atoms with E-state index < -0.39 is 16.8 Å². The summed E-state index contributed by atoms with van der Waals surface area (Å²) in [6.07, 6.45) is 0.0151. The number of carboxylic acids is 1. The van der Waals surface area contributed by atoms with Gasteiger partial charge in [-0.2, -0.15) is 0 Å². The van der Waals surface area contributed by atoms with Gasteiger partial charge in [0.2, 0.25) is 0 Å². The number of carbonyl (C=O) groups is 1. The highest BCUT2D eigenvalue weighted by Crippen LogP contribution is 2.14. The van der Waals surface area contributed by atoms with Crippen molar-refractivity contribution in [2.45, 2.75) is 24.0 Å². The Bertz CT molecular complexity index is 632. The van der Waals surface area contributed by atoms with Gasteiger partial charge < -0.3 is 5.11 Å². The first kappa shape index (κ1) is 14.5. The fraction of sp³-hybridized carbons (Fsp3) is 0.188. The lowest BCUT2D eigenvalue weighted by Crippen LogP contribution is -2.01. The van der Waals surface area contributed by atoms with Crippen molar-refractivity contribution in [2.75, 3.05) is 0 Å². The molecule has 0 amide bonds. The van der Waals surface area contributed by atoms with Crippen LogP contribution in [0.15, 0.2) is 53.4 Å². The van der Waals surface area contributed by atoms with Crippen molar-refractivity contribution >= 4 is 16.8 Å². The van der Waals surface area contributed by atoms with Crippen molar-refractivity contribution in [2.24, 2.45) is 0 Å². The van der Waals surface area contributed by atoms with Crippen LogP contribution in [0, 0.1) is 6.92 Å².